The summed E-state index contributed by atoms with van der Waals surface area (Å²) >= 11 is 1.52. The Morgan fingerprint density at radius 2 is 2.00 bits per heavy atom. The van der Waals surface area contributed by atoms with E-state index in [9.17, 15) is 17.6 Å². The molecule has 1 aliphatic rings. The van der Waals surface area contributed by atoms with E-state index in [4.69, 9.17) is 0 Å². The number of halogens is 1. The highest BCUT2D eigenvalue weighted by Crippen LogP contribution is 2.29. The summed E-state index contributed by atoms with van der Waals surface area (Å²) in [6.07, 6.45) is 5.60. The van der Waals surface area contributed by atoms with Crippen molar-refractivity contribution in [3.8, 4) is 10.4 Å². The Balaban J connectivity index is 1.70. The van der Waals surface area contributed by atoms with Gasteiger partial charge in [0.15, 0.2) is 9.84 Å². The Morgan fingerprint density at radius 3 is 2.64 bits per heavy atom. The van der Waals surface area contributed by atoms with Gasteiger partial charge in [-0.25, -0.2) is 12.8 Å². The molecule has 0 spiro atoms. The third-order valence-corrected chi connectivity index (χ3v) is 7.68. The van der Waals surface area contributed by atoms with Gasteiger partial charge >= 0.3 is 0 Å². The van der Waals surface area contributed by atoms with E-state index in [2.05, 4.69) is 0 Å². The van der Waals surface area contributed by atoms with Crippen molar-refractivity contribution >= 4 is 33.2 Å². The normalized spacial score (nSPS) is 18.6. The van der Waals surface area contributed by atoms with E-state index in [0.717, 1.165) is 28.2 Å². The summed E-state index contributed by atoms with van der Waals surface area (Å²) in [5.41, 5.74) is 0.929. The first-order valence-electron chi connectivity index (χ1n) is 9.43. The average molecular weight is 422 g/mol. The lowest BCUT2D eigenvalue weighted by atomic mass is 10.2. The maximum absolute atomic E-state index is 13.1. The van der Waals surface area contributed by atoms with Crippen molar-refractivity contribution in [2.24, 2.45) is 0 Å². The molecule has 0 aliphatic carbocycles. The predicted octanol–water partition coefficient (Wildman–Crippen LogP) is 4.38. The molecule has 0 bridgehead atoms. The standard InChI is InChI=1S/C21H24FNO3S2/c1-2-3-13-23(18-12-14-28(25,26)15-18)21(24)11-9-19-8-10-20(27-19)16-4-6-17(22)7-5-16/h4-11,18H,2-3,12-15H2,1H3/b11-9+. The zero-order valence-corrected chi connectivity index (χ0v) is 17.4. The highest BCUT2D eigenvalue weighted by Gasteiger charge is 2.33. The number of carbonyl (C=O) groups is 1. The van der Waals surface area contributed by atoms with Crippen LogP contribution in [0.2, 0.25) is 0 Å². The van der Waals surface area contributed by atoms with Crippen LogP contribution in [0.3, 0.4) is 0 Å². The number of nitrogens with zero attached hydrogens (tertiary/aromatic N) is 1. The van der Waals surface area contributed by atoms with E-state index < -0.39 is 9.84 Å². The summed E-state index contributed by atoms with van der Waals surface area (Å²) < 4.78 is 36.7. The summed E-state index contributed by atoms with van der Waals surface area (Å²) in [6, 6.07) is 9.95. The van der Waals surface area contributed by atoms with E-state index in [1.165, 1.54) is 29.5 Å². The van der Waals surface area contributed by atoms with Gasteiger partial charge in [0.1, 0.15) is 5.82 Å². The van der Waals surface area contributed by atoms with Crippen LogP contribution in [-0.4, -0.2) is 43.3 Å². The second kappa shape index (κ2) is 9.01. The first-order chi connectivity index (χ1) is 13.4. The highest BCUT2D eigenvalue weighted by atomic mass is 32.2. The van der Waals surface area contributed by atoms with Crippen LogP contribution in [0.25, 0.3) is 16.5 Å². The number of thiophene rings is 1. The van der Waals surface area contributed by atoms with Crippen LogP contribution in [0, 0.1) is 5.82 Å². The molecule has 3 rings (SSSR count). The molecule has 1 aromatic carbocycles. The third kappa shape index (κ3) is 5.29. The first-order valence-corrected chi connectivity index (χ1v) is 12.1. The number of amides is 1. The minimum absolute atomic E-state index is 0.0595. The molecule has 1 aliphatic heterocycles. The van der Waals surface area contributed by atoms with E-state index in [-0.39, 0.29) is 29.3 Å². The van der Waals surface area contributed by atoms with Gasteiger partial charge in [-0.2, -0.15) is 0 Å². The van der Waals surface area contributed by atoms with Crippen molar-refractivity contribution in [3.05, 3.63) is 53.2 Å². The Kier molecular flexibility index (Phi) is 6.67. The van der Waals surface area contributed by atoms with Crippen LogP contribution < -0.4 is 0 Å². The van der Waals surface area contributed by atoms with Crippen LogP contribution in [0.15, 0.2) is 42.5 Å². The van der Waals surface area contributed by atoms with Crippen molar-refractivity contribution in [3.63, 3.8) is 0 Å². The number of benzene rings is 1. The molecule has 1 amide bonds. The van der Waals surface area contributed by atoms with Gasteiger partial charge in [-0.05, 0) is 48.7 Å². The topological polar surface area (TPSA) is 54.5 Å². The number of rotatable bonds is 7. The summed E-state index contributed by atoms with van der Waals surface area (Å²) in [7, 11) is -3.04. The second-order valence-corrected chi connectivity index (χ2v) is 10.3. The van der Waals surface area contributed by atoms with Crippen LogP contribution in [0.4, 0.5) is 4.39 Å². The maximum Gasteiger partial charge on any atom is 0.246 e. The molecule has 2 heterocycles. The monoisotopic (exact) mass is 421 g/mol. The molecule has 150 valence electrons. The molecule has 2 aromatic rings. The Bertz CT molecular complexity index is 948. The molecular weight excluding hydrogens is 397 g/mol. The van der Waals surface area contributed by atoms with E-state index in [1.54, 1.807) is 23.1 Å². The number of carbonyl (C=O) groups excluding carboxylic acids is 1. The molecule has 0 radical (unpaired) electrons. The summed E-state index contributed by atoms with van der Waals surface area (Å²) in [6.45, 7) is 2.62. The number of sulfone groups is 1. The molecule has 1 saturated heterocycles. The third-order valence-electron chi connectivity index (χ3n) is 4.83. The van der Waals surface area contributed by atoms with Crippen LogP contribution in [0.5, 0.6) is 0 Å². The van der Waals surface area contributed by atoms with Crippen molar-refractivity contribution in [2.45, 2.75) is 32.2 Å². The number of unbranched alkanes of at least 4 members (excludes halogenated alkanes) is 1. The lowest BCUT2D eigenvalue weighted by Gasteiger charge is -2.27. The Morgan fingerprint density at radius 1 is 1.25 bits per heavy atom. The average Bonchev–Trinajstić information content (AvgIpc) is 3.27. The minimum atomic E-state index is -3.04. The molecule has 28 heavy (non-hydrogen) atoms. The lowest BCUT2D eigenvalue weighted by Crippen LogP contribution is -2.40. The molecule has 0 saturated carbocycles. The van der Waals surface area contributed by atoms with Crippen LogP contribution in [-0.2, 0) is 14.6 Å². The maximum atomic E-state index is 13.1. The molecule has 0 N–H and O–H groups in total. The van der Waals surface area contributed by atoms with Gasteiger partial charge < -0.3 is 4.90 Å². The lowest BCUT2D eigenvalue weighted by molar-refractivity contribution is -0.127. The quantitative estimate of drug-likeness (QED) is 0.624. The van der Waals surface area contributed by atoms with Crippen LogP contribution in [0.1, 0.15) is 31.1 Å². The molecule has 7 heteroatoms. The smallest absolute Gasteiger partial charge is 0.246 e. The SMILES string of the molecule is CCCCN(C(=O)/C=C/c1ccc(-c2ccc(F)cc2)s1)C1CCS(=O)(=O)C1. The summed E-state index contributed by atoms with van der Waals surface area (Å²) in [5, 5.41) is 0. The van der Waals surface area contributed by atoms with Gasteiger partial charge in [0.05, 0.1) is 11.5 Å². The fourth-order valence-electron chi connectivity index (χ4n) is 3.28. The van der Waals surface area contributed by atoms with E-state index in [0.29, 0.717) is 13.0 Å². The molecule has 1 fully saturated rings. The van der Waals surface area contributed by atoms with Crippen molar-refractivity contribution in [1.29, 1.82) is 0 Å². The minimum Gasteiger partial charge on any atom is -0.335 e. The molecule has 4 nitrogen and oxygen atoms in total. The van der Waals surface area contributed by atoms with Crippen LogP contribution >= 0.6 is 11.3 Å². The molecule has 1 aromatic heterocycles. The fraction of sp³-hybridized carbons (Fsp3) is 0.381. The zero-order valence-electron chi connectivity index (χ0n) is 15.8. The predicted molar refractivity (Wildman–Crippen MR) is 112 cm³/mol. The van der Waals surface area contributed by atoms with Gasteiger partial charge in [-0.15, -0.1) is 11.3 Å². The summed E-state index contributed by atoms with van der Waals surface area (Å²) in [4.78, 5) is 16.4. The fourth-order valence-corrected chi connectivity index (χ4v) is 5.93. The van der Waals surface area contributed by atoms with Gasteiger partial charge in [-0.3, -0.25) is 4.79 Å². The Labute approximate surface area is 169 Å². The van der Waals surface area contributed by atoms with Crippen molar-refractivity contribution < 1.29 is 17.6 Å². The van der Waals surface area contributed by atoms with Gasteiger partial charge in [-0.1, -0.05) is 25.5 Å². The highest BCUT2D eigenvalue weighted by molar-refractivity contribution is 7.91. The Hall–Kier alpha value is -1.99. The van der Waals surface area contributed by atoms with Gasteiger partial charge in [0.2, 0.25) is 5.91 Å². The number of hydrogen-bond donors (Lipinski definition) is 0. The van der Waals surface area contributed by atoms with Crippen molar-refractivity contribution in [1.82, 2.24) is 4.90 Å². The summed E-state index contributed by atoms with van der Waals surface area (Å²) in [5.74, 6) is -0.202. The van der Waals surface area contributed by atoms with Crippen molar-refractivity contribution in [2.75, 3.05) is 18.1 Å². The van der Waals surface area contributed by atoms with Gasteiger partial charge in [0.25, 0.3) is 0 Å². The zero-order chi connectivity index (χ0) is 20.1. The number of hydrogen-bond acceptors (Lipinski definition) is 4. The van der Waals surface area contributed by atoms with Gasteiger partial charge in [0, 0.05) is 28.4 Å². The van der Waals surface area contributed by atoms with E-state index in [1.807, 2.05) is 19.1 Å². The molecule has 1 unspecified atom stereocenters. The molecular formula is C21H24FNO3S2. The first kappa shape index (κ1) is 20.7. The molecule has 1 atom stereocenters. The largest absolute Gasteiger partial charge is 0.335 e. The second-order valence-electron chi connectivity index (χ2n) is 6.98. The van der Waals surface area contributed by atoms with E-state index >= 15 is 0 Å².